The first-order chi connectivity index (χ1) is 19.3. The molecular formula is C26H28O10. The predicted molar refractivity (Wildman–Crippen MR) is 124 cm³/mol. The molecule has 1 fully saturated rings. The van der Waals surface area contributed by atoms with Gasteiger partial charge in [0.25, 0.3) is 0 Å². The van der Waals surface area contributed by atoms with Gasteiger partial charge >= 0.3 is 23.9 Å². The Morgan fingerprint density at radius 1 is 0.722 bits per heavy atom. The quantitative estimate of drug-likeness (QED) is 0.391. The average molecular weight is 505 g/mol. The summed E-state index contributed by atoms with van der Waals surface area (Å²) in [6.07, 6.45) is -7.64. The number of hydrogen-bond donors (Lipinski definition) is 0. The summed E-state index contributed by atoms with van der Waals surface area (Å²) in [6, 6.07) is 16.3. The molecule has 1 saturated heterocycles. The third-order valence-electron chi connectivity index (χ3n) is 5.02. The van der Waals surface area contributed by atoms with Crippen LogP contribution in [0.25, 0.3) is 11.1 Å². The van der Waals surface area contributed by atoms with Gasteiger partial charge in [0.1, 0.15) is 18.5 Å². The largest absolute Gasteiger partial charge is 0.463 e. The van der Waals surface area contributed by atoms with E-state index in [0.717, 1.165) is 11.1 Å². The number of carbonyl (C=O) groups is 4. The van der Waals surface area contributed by atoms with Gasteiger partial charge in [-0.25, -0.2) is 0 Å². The molecule has 1 aliphatic heterocycles. The van der Waals surface area contributed by atoms with Crippen LogP contribution >= 0.6 is 0 Å². The molecule has 1 aliphatic rings. The van der Waals surface area contributed by atoms with Crippen LogP contribution in [0, 0.1) is 0 Å². The molecule has 5 atom stereocenters. The zero-order chi connectivity index (χ0) is 29.1. The molecule has 36 heavy (non-hydrogen) atoms. The molecule has 192 valence electrons. The van der Waals surface area contributed by atoms with E-state index in [1.54, 1.807) is 24.3 Å². The molecule has 0 radical (unpaired) electrons. The van der Waals surface area contributed by atoms with Gasteiger partial charge < -0.3 is 28.4 Å². The molecule has 0 amide bonds. The minimum Gasteiger partial charge on any atom is -0.463 e. The first-order valence-electron chi connectivity index (χ1n) is 13.5. The monoisotopic (exact) mass is 504 g/mol. The summed E-state index contributed by atoms with van der Waals surface area (Å²) < 4.78 is 61.9. The van der Waals surface area contributed by atoms with Crippen LogP contribution in [0.2, 0.25) is 0 Å². The molecule has 10 heteroatoms. The zero-order valence-corrected chi connectivity index (χ0v) is 19.2. The van der Waals surface area contributed by atoms with Crippen molar-refractivity contribution < 1.29 is 53.1 Å². The van der Waals surface area contributed by atoms with E-state index < -0.39 is 88.8 Å². The first kappa shape index (κ1) is 21.4. The number of esters is 4. The summed E-state index contributed by atoms with van der Waals surface area (Å²) in [6.45, 7) is -3.75. The van der Waals surface area contributed by atoms with Gasteiger partial charge in [-0.15, -0.1) is 0 Å². The summed E-state index contributed by atoms with van der Waals surface area (Å²) in [5.41, 5.74) is 1.82. The standard InChI is InChI=1S/C26H28O10/c1-15(27)31-14-22-23(32-16(2)28)24(33-17(3)29)25(34-18(4)30)26(36-22)35-21-12-10-20(11-13-21)19-8-6-5-7-9-19/h5-13,22-26H,14H2,1-4H3/t22-,23+,24+,25-,26?/m1/s1/i1D,2D,3D,4D. The van der Waals surface area contributed by atoms with Gasteiger partial charge in [-0.1, -0.05) is 42.5 Å². The highest BCUT2D eigenvalue weighted by molar-refractivity contribution is 5.69. The summed E-state index contributed by atoms with van der Waals surface area (Å²) in [4.78, 5) is 48.1. The van der Waals surface area contributed by atoms with E-state index in [1.165, 1.54) is 0 Å². The van der Waals surface area contributed by atoms with Crippen molar-refractivity contribution >= 4 is 23.9 Å². The highest BCUT2D eigenvalue weighted by Crippen LogP contribution is 2.31. The van der Waals surface area contributed by atoms with Crippen LogP contribution in [-0.4, -0.2) is 61.2 Å². The molecule has 1 heterocycles. The van der Waals surface area contributed by atoms with Crippen molar-refractivity contribution in [3.05, 3.63) is 54.6 Å². The van der Waals surface area contributed by atoms with Crippen LogP contribution in [0.5, 0.6) is 5.75 Å². The van der Waals surface area contributed by atoms with Crippen LogP contribution in [0.4, 0.5) is 0 Å². The Morgan fingerprint density at radius 3 is 1.89 bits per heavy atom. The lowest BCUT2D eigenvalue weighted by molar-refractivity contribution is -0.288. The Balaban J connectivity index is 1.97. The summed E-state index contributed by atoms with van der Waals surface area (Å²) in [5, 5.41) is 0. The summed E-state index contributed by atoms with van der Waals surface area (Å²) in [5.74, 6) is -3.85. The molecule has 3 rings (SSSR count). The lowest BCUT2D eigenvalue weighted by Crippen LogP contribution is -2.63. The Kier molecular flexibility index (Phi) is 7.22. The lowest BCUT2D eigenvalue weighted by atomic mass is 9.98. The molecule has 0 aromatic heterocycles. The van der Waals surface area contributed by atoms with Crippen LogP contribution in [0.15, 0.2) is 54.6 Å². The SMILES string of the molecule is [2H]CC(=O)OC[C@H]1OC(Oc2ccc(-c3ccccc3)cc2)[C@H](OC(=O)C[2H])[C@@H](OC(=O)C[2H])[C@H]1OC(=O)C[2H]. The second-order valence-electron chi connectivity index (χ2n) is 7.60. The second kappa shape index (κ2) is 12.2. The van der Waals surface area contributed by atoms with Crippen molar-refractivity contribution in [2.24, 2.45) is 0 Å². The lowest BCUT2D eigenvalue weighted by Gasteiger charge is -2.43. The van der Waals surface area contributed by atoms with E-state index in [2.05, 4.69) is 0 Å². The Hall–Kier alpha value is -3.92. The molecular weight excluding hydrogens is 472 g/mol. The molecule has 2 aromatic rings. The third-order valence-corrected chi connectivity index (χ3v) is 5.02. The molecule has 0 aliphatic carbocycles. The maximum atomic E-state index is 12.2. The van der Waals surface area contributed by atoms with E-state index in [-0.39, 0.29) is 5.75 Å². The van der Waals surface area contributed by atoms with Crippen LogP contribution in [-0.2, 0) is 42.9 Å². The number of rotatable bonds is 8. The Morgan fingerprint density at radius 2 is 1.28 bits per heavy atom. The number of ether oxygens (including phenoxy) is 6. The fraction of sp³-hybridized carbons (Fsp3) is 0.385. The fourth-order valence-corrected chi connectivity index (χ4v) is 3.63. The van der Waals surface area contributed by atoms with Crippen molar-refractivity contribution in [1.82, 2.24) is 0 Å². The van der Waals surface area contributed by atoms with Gasteiger partial charge in [0.2, 0.25) is 12.4 Å². The molecule has 10 nitrogen and oxygen atoms in total. The molecule has 0 spiro atoms. The number of hydrogen-bond acceptors (Lipinski definition) is 10. The highest BCUT2D eigenvalue weighted by atomic mass is 16.7. The van der Waals surface area contributed by atoms with Crippen molar-refractivity contribution in [1.29, 1.82) is 0 Å². The first-order valence-corrected chi connectivity index (χ1v) is 10.7. The van der Waals surface area contributed by atoms with Crippen molar-refractivity contribution in [3.63, 3.8) is 0 Å². The maximum absolute atomic E-state index is 12.2. The highest BCUT2D eigenvalue weighted by Gasteiger charge is 2.53. The molecule has 0 N–H and O–H groups in total. The van der Waals surface area contributed by atoms with E-state index in [0.29, 0.717) is 0 Å². The normalized spacial score (nSPS) is 24.6. The van der Waals surface area contributed by atoms with Crippen LogP contribution in [0.1, 0.15) is 33.1 Å². The van der Waals surface area contributed by atoms with Crippen molar-refractivity contribution in [2.45, 2.75) is 58.3 Å². The predicted octanol–water partition coefficient (Wildman–Crippen LogP) is 2.82. The van der Waals surface area contributed by atoms with E-state index in [4.69, 9.17) is 33.9 Å². The van der Waals surface area contributed by atoms with Crippen molar-refractivity contribution in [2.75, 3.05) is 6.61 Å². The minimum absolute atomic E-state index is 0.241. The molecule has 1 unspecified atom stereocenters. The van der Waals surface area contributed by atoms with E-state index >= 15 is 0 Å². The van der Waals surface area contributed by atoms with Gasteiger partial charge in [-0.3, -0.25) is 19.2 Å². The number of carbonyl (C=O) groups excluding carboxylic acids is 4. The van der Waals surface area contributed by atoms with Gasteiger partial charge in [0.15, 0.2) is 12.2 Å². The fourth-order valence-electron chi connectivity index (χ4n) is 3.63. The van der Waals surface area contributed by atoms with Crippen LogP contribution < -0.4 is 4.74 Å². The second-order valence-corrected chi connectivity index (χ2v) is 7.60. The Bertz CT molecular complexity index is 1150. The van der Waals surface area contributed by atoms with Gasteiger partial charge in [0.05, 0.1) is 0 Å². The van der Waals surface area contributed by atoms with E-state index in [9.17, 15) is 19.2 Å². The van der Waals surface area contributed by atoms with Crippen molar-refractivity contribution in [3.8, 4) is 16.9 Å². The molecule has 0 bridgehead atoms. The molecule has 2 aromatic carbocycles. The molecule has 0 saturated carbocycles. The summed E-state index contributed by atoms with van der Waals surface area (Å²) >= 11 is 0. The summed E-state index contributed by atoms with van der Waals surface area (Å²) in [7, 11) is 0. The maximum Gasteiger partial charge on any atom is 0.303 e. The van der Waals surface area contributed by atoms with Gasteiger partial charge in [-0.2, -0.15) is 0 Å². The zero-order valence-electron chi connectivity index (χ0n) is 23.2. The van der Waals surface area contributed by atoms with Gasteiger partial charge in [0, 0.05) is 33.1 Å². The van der Waals surface area contributed by atoms with Gasteiger partial charge in [-0.05, 0) is 23.3 Å². The van der Waals surface area contributed by atoms with E-state index in [1.807, 2.05) is 30.3 Å². The minimum atomic E-state index is -1.62. The Labute approximate surface area is 214 Å². The topological polar surface area (TPSA) is 124 Å². The van der Waals surface area contributed by atoms with Crippen LogP contribution in [0.3, 0.4) is 0 Å². The smallest absolute Gasteiger partial charge is 0.303 e. The number of benzene rings is 2. The third kappa shape index (κ3) is 7.29. The average Bonchev–Trinajstić information content (AvgIpc) is 2.99.